The number of Topliss-reactive ketones (excluding diaryl/α,β-unsaturated/α-hetero) is 3. The van der Waals surface area contributed by atoms with E-state index < -0.39 is 73.1 Å². The van der Waals surface area contributed by atoms with Gasteiger partial charge in [-0.15, -0.1) is 12.4 Å². The van der Waals surface area contributed by atoms with Crippen molar-refractivity contribution >= 4 is 145 Å². The number of aromatic carboxylic acids is 1. The highest BCUT2D eigenvalue weighted by molar-refractivity contribution is 8.13. The molecule has 5 aliphatic heterocycles. The summed E-state index contributed by atoms with van der Waals surface area (Å²) >= 11 is 24.3. The number of halogens is 16. The fourth-order valence-corrected chi connectivity index (χ4v) is 16.9. The van der Waals surface area contributed by atoms with Gasteiger partial charge in [-0.2, -0.15) is 26.3 Å². The van der Waals surface area contributed by atoms with Crippen LogP contribution in [-0.2, 0) is 52.4 Å². The predicted molar refractivity (Wildman–Crippen MR) is 455 cm³/mol. The molecule has 2 aliphatic carbocycles. The van der Waals surface area contributed by atoms with Crippen molar-refractivity contribution in [1.82, 2.24) is 18.7 Å². The van der Waals surface area contributed by atoms with Crippen molar-refractivity contribution < 1.29 is 116 Å². The summed E-state index contributed by atoms with van der Waals surface area (Å²) in [5, 5.41) is 40.7. The van der Waals surface area contributed by atoms with Gasteiger partial charge in [-0.1, -0.05) is 102 Å². The number of aryl methyl sites for hydroxylation is 1. The number of carbonyl (C=O) groups excluding carboxylic acids is 3. The van der Waals surface area contributed by atoms with Crippen LogP contribution in [0.1, 0.15) is 157 Å². The Morgan fingerprint density at radius 2 is 0.870 bits per heavy atom. The average molecular weight is 1880 g/mol. The summed E-state index contributed by atoms with van der Waals surface area (Å²) in [6.45, 7) is 14.3. The summed E-state index contributed by atoms with van der Waals surface area (Å²) in [6, 6.07) is 26.8. The lowest BCUT2D eigenvalue weighted by atomic mass is 9.79. The third-order valence-corrected chi connectivity index (χ3v) is 25.0. The molecule has 9 heterocycles. The molecular weight excluding hydrogens is 1780 g/mol. The van der Waals surface area contributed by atoms with Crippen LogP contribution in [0.15, 0.2) is 127 Å². The average Bonchev–Trinajstić information content (AvgIpc) is 1.62. The molecule has 5 aromatic carbocycles. The molecule has 5 unspecified atom stereocenters. The number of nitrogens with zero attached hydrogens (tertiary/aromatic N) is 3. The molecule has 5 saturated heterocycles. The van der Waals surface area contributed by atoms with Gasteiger partial charge in [-0.25, -0.2) is 30.8 Å². The van der Waals surface area contributed by atoms with Gasteiger partial charge in [0.15, 0.2) is 5.78 Å². The number of nitrogens with two attached hydrogens (primary N) is 1. The van der Waals surface area contributed by atoms with E-state index in [9.17, 15) is 86.8 Å². The molecule has 4 aromatic heterocycles. The number of alkyl halides is 10. The number of nitrogens with one attached hydrogen (secondary N) is 1. The minimum atomic E-state index is -4.92. The fourth-order valence-electron chi connectivity index (χ4n) is 15.0. The molecule has 16 rings (SSSR count). The van der Waals surface area contributed by atoms with E-state index in [1.54, 1.807) is 59.3 Å². The molecular formula is C86H101Cl6F10N5O15S. The number of fused-ring (bicyclic) bond motifs is 4. The van der Waals surface area contributed by atoms with Crippen molar-refractivity contribution in [1.29, 1.82) is 0 Å². The van der Waals surface area contributed by atoms with Gasteiger partial charge in [0.25, 0.3) is 20.6 Å². The molecule has 0 spiro atoms. The molecule has 7 aliphatic rings. The van der Waals surface area contributed by atoms with Gasteiger partial charge in [0.05, 0.1) is 95.9 Å². The number of aliphatic hydroxyl groups excluding tert-OH is 1. The van der Waals surface area contributed by atoms with Crippen molar-refractivity contribution in [2.24, 2.45) is 35.3 Å². The number of carboxylic acid groups (broad SMARTS) is 1. The van der Waals surface area contributed by atoms with E-state index >= 15 is 0 Å². The van der Waals surface area contributed by atoms with Crippen molar-refractivity contribution in [2.75, 3.05) is 79.2 Å². The second kappa shape index (κ2) is 45.4. The Hall–Kier alpha value is -6.63. The molecule has 2 saturated carbocycles. The minimum Gasteiger partial charge on any atom is -0.478 e. The van der Waals surface area contributed by atoms with Crippen LogP contribution in [0.2, 0.25) is 20.1 Å². The number of benzene rings is 5. The largest absolute Gasteiger partial charge is 0.478 e. The summed E-state index contributed by atoms with van der Waals surface area (Å²) in [6.07, 6.45) is 1.92. The number of hydrogen-bond acceptors (Lipinski definition) is 15. The maximum Gasteiger partial charge on any atom is 0.454 e. The van der Waals surface area contributed by atoms with Crippen molar-refractivity contribution in [2.45, 2.75) is 177 Å². The Morgan fingerprint density at radius 1 is 0.512 bits per heavy atom. The number of carboxylic acids is 1. The van der Waals surface area contributed by atoms with Crippen molar-refractivity contribution in [3.63, 3.8) is 0 Å². The maximum absolute atomic E-state index is 13.4. The van der Waals surface area contributed by atoms with Crippen LogP contribution in [0.25, 0.3) is 43.6 Å². The molecule has 20 nitrogen and oxygen atoms in total. The summed E-state index contributed by atoms with van der Waals surface area (Å²) in [5.74, 6) is -7.74. The zero-order valence-corrected chi connectivity index (χ0v) is 73.0. The Morgan fingerprint density at radius 3 is 1.23 bits per heavy atom. The summed E-state index contributed by atoms with van der Waals surface area (Å²) in [7, 11) is 1.54. The highest BCUT2D eigenvalue weighted by Crippen LogP contribution is 2.43. The Balaban J connectivity index is 0.000000181. The molecule has 9 aromatic rings. The van der Waals surface area contributed by atoms with Gasteiger partial charge >= 0.3 is 18.3 Å². The van der Waals surface area contributed by atoms with E-state index in [1.165, 1.54) is 43.3 Å². The first-order valence-corrected chi connectivity index (χ1v) is 43.9. The van der Waals surface area contributed by atoms with E-state index in [4.69, 9.17) is 91.6 Å². The molecule has 678 valence electrons. The van der Waals surface area contributed by atoms with Crippen LogP contribution in [0.5, 0.6) is 0 Å². The number of aliphatic hydroxyl groups is 3. The predicted octanol–water partition coefficient (Wildman–Crippen LogP) is 20.6. The first kappa shape index (κ1) is 102. The van der Waals surface area contributed by atoms with Crippen LogP contribution in [0.4, 0.5) is 43.9 Å². The second-order valence-electron chi connectivity index (χ2n) is 31.6. The first-order valence-electron chi connectivity index (χ1n) is 40.0. The SMILES string of the molecule is CCC1CCOC1.Cc1ccc(S(=O)(=O)Cl)cc1.Cl.NCC1(O)CCC(F)(F)CC1.O=C(CCC1(O)CCC(F)(F)CC1)c1cn(CC2CCOC2)c2cccc(Cl)c12.O=C(O)c1cn(CC2CCOC2)c2cccc(Cl)c12.O=C(c1c[nH]c2cccc(Cl)c12)C(F)(F)F.O=C(c1cn(CC2CCOC2)c2cccc(Cl)c12)C(F)(F)F.OCC1CCOC1. The number of ketones is 3. The van der Waals surface area contributed by atoms with Crippen LogP contribution in [0, 0.1) is 36.5 Å². The van der Waals surface area contributed by atoms with Gasteiger partial charge in [0, 0.05) is 196 Å². The van der Waals surface area contributed by atoms with Gasteiger partial charge < -0.3 is 68.5 Å². The first-order chi connectivity index (χ1) is 57.6. The lowest BCUT2D eigenvalue weighted by Gasteiger charge is -2.35. The standard InChI is InChI=1S/C22H26ClF2NO3.C15H13ClF3NO2.C14H14ClNO3.C10H5ClF3NO.C7H7ClO2S.C7H13F2NO.C6H12O.C5H10O2.ClH/c23-17-2-1-3-18-20(17)16(13-26(18)12-15-5-11-29-14-15)19(27)4-6-21(28)7-9-22(24,25)10-8-21;16-11-2-1-3-12-13(11)10(14(21)15(17,18)19)7-20(12)6-9-4-5-22-8-9;15-11-2-1-3-12-13(11)10(14(17)18)7-16(12)6-9-4-5-19-8-9;11-6-2-1-3-7-8(6)5(4-15-7)9(16)10(12,13)14;1-6-2-4-7(5-3-6)11(8,9)10;8-7(9)3-1-6(11,5-10)2-4-7;1-2-6-3-4-7-5-6;6-3-5-1-2-7-4-5;/h1-3,13,15,28H,4-12,14H2;1-3,7,9H,4-6,8H2;1-3,7,9H,4-6,8H2,(H,17,18);1-4,15H;2-5H,1H3;11H,1-5,10H2;6H,2-5H2,1H3;5-6H,1-4H2;1H. The topological polar surface area (TPSA) is 286 Å². The van der Waals surface area contributed by atoms with E-state index in [0.29, 0.717) is 82.8 Å². The fraction of sp³-hybridized carbons (Fsp3) is 0.512. The Kier molecular flexibility index (Phi) is 37.5. The highest BCUT2D eigenvalue weighted by Gasteiger charge is 2.45. The Bertz CT molecular complexity index is 5060. The number of H-pyrrole nitrogens is 1. The van der Waals surface area contributed by atoms with Gasteiger partial charge in [0.1, 0.15) is 0 Å². The van der Waals surface area contributed by atoms with E-state index in [-0.39, 0.29) is 126 Å². The van der Waals surface area contributed by atoms with Crippen LogP contribution < -0.4 is 5.73 Å². The second-order valence-corrected chi connectivity index (χ2v) is 35.8. The summed E-state index contributed by atoms with van der Waals surface area (Å²) in [4.78, 5) is 49.8. The van der Waals surface area contributed by atoms with E-state index in [0.717, 1.165) is 119 Å². The number of ether oxygens (including phenoxy) is 5. The van der Waals surface area contributed by atoms with E-state index in [1.807, 2.05) is 42.0 Å². The van der Waals surface area contributed by atoms with E-state index in [2.05, 4.69) is 16.5 Å². The quantitative estimate of drug-likeness (QED) is 0.0281. The number of hydrogen-bond donors (Lipinski definition) is 6. The van der Waals surface area contributed by atoms with Gasteiger partial charge in [0.2, 0.25) is 11.8 Å². The molecule has 7 fully saturated rings. The molecule has 123 heavy (non-hydrogen) atoms. The summed E-state index contributed by atoms with van der Waals surface area (Å²) in [5.41, 5.74) is 6.69. The van der Waals surface area contributed by atoms with Crippen molar-refractivity contribution in [3.05, 3.63) is 170 Å². The molecule has 0 radical (unpaired) electrons. The smallest absolute Gasteiger partial charge is 0.454 e. The third kappa shape index (κ3) is 28.9. The third-order valence-electron chi connectivity index (χ3n) is 22.4. The van der Waals surface area contributed by atoms with Gasteiger partial charge in [-0.3, -0.25) is 14.4 Å². The Labute approximate surface area is 736 Å². The van der Waals surface area contributed by atoms with Crippen LogP contribution in [0.3, 0.4) is 0 Å². The zero-order valence-electron chi connectivity index (χ0n) is 67.5. The van der Waals surface area contributed by atoms with Crippen molar-refractivity contribution in [3.8, 4) is 0 Å². The van der Waals surface area contributed by atoms with Crippen LogP contribution >= 0.6 is 69.5 Å². The molecule has 5 atom stereocenters. The lowest BCUT2D eigenvalue weighted by molar-refractivity contribution is -0.105. The number of aromatic nitrogens is 4. The molecule has 37 heteroatoms. The van der Waals surface area contributed by atoms with Gasteiger partial charge in [-0.05, 0) is 138 Å². The molecule has 0 bridgehead atoms. The highest BCUT2D eigenvalue weighted by atomic mass is 35.7. The molecule has 7 N–H and O–H groups in total. The summed E-state index contributed by atoms with van der Waals surface area (Å²) < 4.78 is 180. The van der Waals surface area contributed by atoms with Crippen LogP contribution in [-0.4, -0.2) is 185 Å². The normalized spacial score (nSPS) is 20.6. The maximum atomic E-state index is 13.4. The number of aromatic amines is 1. The number of rotatable bonds is 17. The molecule has 0 amide bonds. The number of carbonyl (C=O) groups is 4. The monoisotopic (exact) mass is 1880 g/mol. The zero-order chi connectivity index (χ0) is 89.1. The minimum absolute atomic E-state index is 0. The lowest BCUT2D eigenvalue weighted by Crippen LogP contribution is -2.44.